The third kappa shape index (κ3) is 5.11. The average molecular weight is 605 g/mol. The fraction of sp³-hybridized carbons (Fsp3) is 0.333. The molecule has 0 saturated carbocycles. The summed E-state index contributed by atoms with van der Waals surface area (Å²) in [5.41, 5.74) is -5.53. The number of ether oxygens (including phenoxy) is 1. The predicted molar refractivity (Wildman–Crippen MR) is 135 cm³/mol. The first kappa shape index (κ1) is 28.2. The van der Waals surface area contributed by atoms with Gasteiger partial charge in [-0.05, 0) is 31.4 Å². The molecule has 1 aromatic carbocycles. The topological polar surface area (TPSA) is 116 Å². The van der Waals surface area contributed by atoms with Crippen LogP contribution in [0.2, 0.25) is 0 Å². The van der Waals surface area contributed by atoms with Crippen LogP contribution >= 0.6 is 11.3 Å². The second-order valence-electron chi connectivity index (χ2n) is 9.06. The highest BCUT2D eigenvalue weighted by Crippen LogP contribution is 2.47. The minimum atomic E-state index is -6.12. The number of aliphatic hydroxyl groups is 1. The first-order valence-electron chi connectivity index (χ1n) is 11.8. The van der Waals surface area contributed by atoms with Gasteiger partial charge >= 0.3 is 15.6 Å². The van der Waals surface area contributed by atoms with Gasteiger partial charge in [0.1, 0.15) is 35.4 Å². The number of fused-ring (bicyclic) bond motifs is 2. The van der Waals surface area contributed by atoms with Crippen LogP contribution in [0.3, 0.4) is 0 Å². The molecular weight excluding hydrogens is 583 g/mol. The van der Waals surface area contributed by atoms with Crippen LogP contribution in [0.5, 0.6) is 11.6 Å². The van der Waals surface area contributed by atoms with E-state index < -0.39 is 39.2 Å². The molecule has 2 atom stereocenters. The Labute approximate surface area is 228 Å². The summed E-state index contributed by atoms with van der Waals surface area (Å²) in [6.45, 7) is 3.94. The van der Waals surface area contributed by atoms with E-state index >= 15 is 4.39 Å². The van der Waals surface area contributed by atoms with Crippen molar-refractivity contribution in [3.05, 3.63) is 47.0 Å². The molecule has 9 nitrogen and oxygen atoms in total. The van der Waals surface area contributed by atoms with Gasteiger partial charge in [-0.2, -0.15) is 26.7 Å². The Morgan fingerprint density at radius 2 is 2.00 bits per heavy atom. The highest BCUT2D eigenvalue weighted by atomic mass is 32.2. The van der Waals surface area contributed by atoms with Gasteiger partial charge in [0.2, 0.25) is 5.88 Å². The summed E-state index contributed by atoms with van der Waals surface area (Å²) in [7, 11) is -6.12. The average Bonchev–Trinajstić information content (AvgIpc) is 3.50. The van der Waals surface area contributed by atoms with Gasteiger partial charge in [-0.3, -0.25) is 4.68 Å². The number of aromatic nitrogens is 3. The van der Waals surface area contributed by atoms with E-state index in [1.165, 1.54) is 18.4 Å². The summed E-state index contributed by atoms with van der Waals surface area (Å²) in [6, 6.07) is 4.17. The van der Waals surface area contributed by atoms with Crippen molar-refractivity contribution in [1.29, 1.82) is 0 Å². The molecule has 16 heteroatoms. The Kier molecular flexibility index (Phi) is 7.22. The summed E-state index contributed by atoms with van der Waals surface area (Å²) in [6.07, 6.45) is -1.00. The molecule has 0 bridgehead atoms. The molecular formula is C24H21F5N4O5S2. The smallest absolute Gasteiger partial charge is 0.490 e. The van der Waals surface area contributed by atoms with E-state index in [0.29, 0.717) is 24.8 Å². The SMILES string of the molecule is C[C@@H]1NCCn2nc(-c3nc(OS(=O)(=O)C(F)(F)F)c4ccsc4c3-c3c(F)cc(F)cc3OC[C@@H](C)O)cc21. The molecule has 0 unspecified atom stereocenters. The lowest BCUT2D eigenvalue weighted by atomic mass is 9.98. The Morgan fingerprint density at radius 3 is 2.67 bits per heavy atom. The third-order valence-electron chi connectivity index (χ3n) is 6.07. The Bertz CT molecular complexity index is 1700. The number of alkyl halides is 3. The zero-order chi connectivity index (χ0) is 29.0. The number of halogens is 5. The maximum absolute atomic E-state index is 15.6. The molecule has 4 aromatic rings. The number of nitrogens with zero attached hydrogens (tertiary/aromatic N) is 3. The number of rotatable bonds is 7. The Balaban J connectivity index is 1.83. The maximum atomic E-state index is 15.6. The molecule has 2 N–H and O–H groups in total. The molecule has 1 aliphatic heterocycles. The van der Waals surface area contributed by atoms with Gasteiger partial charge in [0.15, 0.2) is 0 Å². The molecule has 214 valence electrons. The van der Waals surface area contributed by atoms with Crippen LogP contribution in [0.4, 0.5) is 22.0 Å². The summed E-state index contributed by atoms with van der Waals surface area (Å²) < 4.78 is 105. The van der Waals surface area contributed by atoms with Gasteiger partial charge in [-0.25, -0.2) is 13.8 Å². The van der Waals surface area contributed by atoms with Crippen LogP contribution in [0.1, 0.15) is 25.6 Å². The van der Waals surface area contributed by atoms with E-state index in [4.69, 9.17) is 4.74 Å². The van der Waals surface area contributed by atoms with E-state index in [9.17, 15) is 31.1 Å². The van der Waals surface area contributed by atoms with Crippen LogP contribution in [0.25, 0.3) is 32.6 Å². The molecule has 40 heavy (non-hydrogen) atoms. The molecule has 0 spiro atoms. The van der Waals surface area contributed by atoms with Crippen molar-refractivity contribution < 1.29 is 44.4 Å². The van der Waals surface area contributed by atoms with Crippen LogP contribution < -0.4 is 14.2 Å². The number of pyridine rings is 1. The van der Waals surface area contributed by atoms with E-state index in [0.717, 1.165) is 17.4 Å². The van der Waals surface area contributed by atoms with Crippen molar-refractivity contribution in [2.24, 2.45) is 0 Å². The minimum Gasteiger partial charge on any atom is -0.490 e. The maximum Gasteiger partial charge on any atom is 0.534 e. The van der Waals surface area contributed by atoms with Crippen molar-refractivity contribution in [2.75, 3.05) is 13.2 Å². The lowest BCUT2D eigenvalue weighted by molar-refractivity contribution is -0.0500. The van der Waals surface area contributed by atoms with Gasteiger partial charge in [0.05, 0.1) is 34.0 Å². The second kappa shape index (κ2) is 10.2. The van der Waals surface area contributed by atoms with Gasteiger partial charge in [0.25, 0.3) is 0 Å². The van der Waals surface area contributed by atoms with E-state index in [1.54, 1.807) is 10.7 Å². The summed E-state index contributed by atoms with van der Waals surface area (Å²) in [4.78, 5) is 4.13. The molecule has 0 aliphatic carbocycles. The molecule has 5 rings (SSSR count). The molecule has 4 heterocycles. The third-order valence-corrected chi connectivity index (χ3v) is 7.94. The van der Waals surface area contributed by atoms with Gasteiger partial charge in [0, 0.05) is 30.3 Å². The summed E-state index contributed by atoms with van der Waals surface area (Å²) in [5, 5.41) is 18.7. The van der Waals surface area contributed by atoms with Crippen molar-refractivity contribution in [1.82, 2.24) is 20.1 Å². The van der Waals surface area contributed by atoms with Crippen LogP contribution in [-0.4, -0.2) is 53.1 Å². The Morgan fingerprint density at radius 1 is 1.25 bits per heavy atom. The lowest BCUT2D eigenvalue weighted by Crippen LogP contribution is -2.31. The second-order valence-corrected chi connectivity index (χ2v) is 11.5. The first-order chi connectivity index (χ1) is 18.8. The van der Waals surface area contributed by atoms with Crippen molar-refractivity contribution in [3.8, 4) is 34.1 Å². The number of hydrogen-bond donors (Lipinski definition) is 2. The lowest BCUT2D eigenvalue weighted by Gasteiger charge is -2.21. The van der Waals surface area contributed by atoms with Crippen molar-refractivity contribution >= 4 is 31.5 Å². The highest BCUT2D eigenvalue weighted by Gasteiger charge is 2.49. The summed E-state index contributed by atoms with van der Waals surface area (Å²) in [5.74, 6) is -3.27. The highest BCUT2D eigenvalue weighted by molar-refractivity contribution is 7.88. The number of nitrogens with one attached hydrogen (secondary N) is 1. The van der Waals surface area contributed by atoms with Crippen molar-refractivity contribution in [3.63, 3.8) is 0 Å². The van der Waals surface area contributed by atoms with E-state index in [1.807, 2.05) is 6.92 Å². The van der Waals surface area contributed by atoms with Crippen molar-refractivity contribution in [2.45, 2.75) is 38.0 Å². The molecule has 0 radical (unpaired) electrons. The normalized spacial score (nSPS) is 16.6. The van der Waals surface area contributed by atoms with Crippen LogP contribution in [0.15, 0.2) is 29.6 Å². The molecule has 0 amide bonds. The number of aliphatic hydroxyl groups excluding tert-OH is 1. The monoisotopic (exact) mass is 604 g/mol. The summed E-state index contributed by atoms with van der Waals surface area (Å²) >= 11 is 0.938. The molecule has 3 aromatic heterocycles. The fourth-order valence-corrected chi connectivity index (χ4v) is 5.68. The number of thiophene rings is 1. The first-order valence-corrected chi connectivity index (χ1v) is 14.1. The van der Waals surface area contributed by atoms with Crippen LogP contribution in [-0.2, 0) is 16.7 Å². The van der Waals surface area contributed by atoms with Gasteiger partial charge < -0.3 is 19.3 Å². The zero-order valence-electron chi connectivity index (χ0n) is 20.8. The number of benzene rings is 1. The molecule has 1 aliphatic rings. The van der Waals surface area contributed by atoms with Gasteiger partial charge in [-0.15, -0.1) is 11.3 Å². The quantitative estimate of drug-likeness (QED) is 0.176. The van der Waals surface area contributed by atoms with Crippen LogP contribution in [0, 0.1) is 11.6 Å². The number of hydrogen-bond acceptors (Lipinski definition) is 9. The zero-order valence-corrected chi connectivity index (χ0v) is 22.4. The van der Waals surface area contributed by atoms with Gasteiger partial charge in [-0.1, -0.05) is 0 Å². The fourth-order valence-electron chi connectivity index (χ4n) is 4.31. The minimum absolute atomic E-state index is 0.0316. The molecule has 0 saturated heterocycles. The van der Waals surface area contributed by atoms with E-state index in [-0.39, 0.29) is 51.0 Å². The predicted octanol–water partition coefficient (Wildman–Crippen LogP) is 4.76. The standard InChI is InChI=1S/C24H21F5N4O5S2/c1-11(34)10-37-18-8-13(25)7-15(26)19(18)20-21(16-9-17-12(2)30-4-5-33(17)32-16)31-23(14-3-6-39-22(14)20)38-40(35,36)24(27,28)29/h3,6-9,11-12,30,34H,4-5,10H2,1-2H3/t11-,12+/m1/s1. The largest absolute Gasteiger partial charge is 0.534 e. The van der Waals surface area contributed by atoms with E-state index in [2.05, 4.69) is 19.6 Å². The Hall–Kier alpha value is -3.34. The molecule has 0 fully saturated rings.